The molecule has 132 valence electrons. The van der Waals surface area contributed by atoms with Gasteiger partial charge < -0.3 is 15.5 Å². The van der Waals surface area contributed by atoms with Crippen LogP contribution in [0.3, 0.4) is 0 Å². The van der Waals surface area contributed by atoms with Crippen LogP contribution in [0.4, 0.5) is 10.5 Å². The van der Waals surface area contributed by atoms with Crippen molar-refractivity contribution in [2.75, 3.05) is 18.4 Å². The summed E-state index contributed by atoms with van der Waals surface area (Å²) in [5.41, 5.74) is 1.75. The largest absolute Gasteiger partial charge is 0.339 e. The third-order valence-corrected chi connectivity index (χ3v) is 5.10. The van der Waals surface area contributed by atoms with E-state index in [1.165, 1.54) is 11.3 Å². The van der Waals surface area contributed by atoms with E-state index in [4.69, 9.17) is 11.6 Å². The smallest absolute Gasteiger partial charge is 0.319 e. The molecule has 2 heterocycles. The van der Waals surface area contributed by atoms with Gasteiger partial charge in [0, 0.05) is 24.0 Å². The average molecular weight is 379 g/mol. The van der Waals surface area contributed by atoms with Gasteiger partial charge in [0.1, 0.15) is 0 Å². The van der Waals surface area contributed by atoms with Gasteiger partial charge in [-0.05, 0) is 38.0 Å². The van der Waals surface area contributed by atoms with Crippen molar-refractivity contribution in [3.05, 3.63) is 44.9 Å². The van der Waals surface area contributed by atoms with Gasteiger partial charge in [0.15, 0.2) is 0 Å². The number of aryl methyl sites for hydroxylation is 1. The quantitative estimate of drug-likeness (QED) is 0.852. The maximum absolute atomic E-state index is 12.5. The molecule has 1 aromatic heterocycles. The molecule has 25 heavy (non-hydrogen) atoms. The molecular weight excluding hydrogens is 360 g/mol. The number of hydrogen-bond acceptors (Lipinski definition) is 4. The van der Waals surface area contributed by atoms with Crippen LogP contribution in [0.25, 0.3) is 0 Å². The summed E-state index contributed by atoms with van der Waals surface area (Å²) >= 11 is 7.68. The highest BCUT2D eigenvalue weighted by Crippen LogP contribution is 2.24. The van der Waals surface area contributed by atoms with E-state index in [2.05, 4.69) is 15.6 Å². The van der Waals surface area contributed by atoms with Gasteiger partial charge in [-0.15, -0.1) is 11.3 Å². The van der Waals surface area contributed by atoms with Crippen LogP contribution in [-0.4, -0.2) is 34.9 Å². The summed E-state index contributed by atoms with van der Waals surface area (Å²) in [5.74, 6) is -0.0319. The Hall–Kier alpha value is -2.12. The van der Waals surface area contributed by atoms with Crippen molar-refractivity contribution in [3.8, 4) is 0 Å². The number of nitrogens with one attached hydrogen (secondary N) is 2. The Bertz CT molecular complexity index is 787. The maximum Gasteiger partial charge on any atom is 0.319 e. The molecule has 6 nitrogen and oxygen atoms in total. The van der Waals surface area contributed by atoms with E-state index < -0.39 is 6.03 Å². The summed E-state index contributed by atoms with van der Waals surface area (Å²) in [6.07, 6.45) is 2.06. The predicted octanol–water partition coefficient (Wildman–Crippen LogP) is 3.66. The Labute approximate surface area is 155 Å². The van der Waals surface area contributed by atoms with Crippen LogP contribution < -0.4 is 10.6 Å². The number of amides is 3. The van der Waals surface area contributed by atoms with Crippen LogP contribution >= 0.6 is 22.9 Å². The van der Waals surface area contributed by atoms with E-state index in [1.807, 2.05) is 17.2 Å². The van der Waals surface area contributed by atoms with Crippen molar-refractivity contribution in [3.63, 3.8) is 0 Å². The van der Waals surface area contributed by atoms with Gasteiger partial charge in [-0.1, -0.05) is 11.6 Å². The first-order chi connectivity index (χ1) is 12.0. The lowest BCUT2D eigenvalue weighted by molar-refractivity contribution is 0.0793. The summed E-state index contributed by atoms with van der Waals surface area (Å²) in [4.78, 5) is 30.6. The van der Waals surface area contributed by atoms with Crippen molar-refractivity contribution < 1.29 is 9.59 Å². The van der Waals surface area contributed by atoms with Crippen LogP contribution in [0, 0.1) is 6.92 Å². The van der Waals surface area contributed by atoms with Crippen molar-refractivity contribution in [1.29, 1.82) is 0 Å². The Balaban J connectivity index is 1.63. The second-order valence-corrected chi connectivity index (χ2v) is 7.33. The summed E-state index contributed by atoms with van der Waals surface area (Å²) < 4.78 is 0. The SMILES string of the molecule is Cc1nc(CNC(=O)Nc2cc(C(=O)N3CCCC3)ccc2Cl)cs1. The Kier molecular flexibility index (Phi) is 5.55. The molecule has 1 saturated heterocycles. The molecule has 2 aromatic rings. The maximum atomic E-state index is 12.5. The van der Waals surface area contributed by atoms with Crippen LogP contribution in [0.2, 0.25) is 5.02 Å². The molecule has 3 amide bonds. The highest BCUT2D eigenvalue weighted by atomic mass is 35.5. The van der Waals surface area contributed by atoms with Crippen LogP contribution in [0.15, 0.2) is 23.6 Å². The fourth-order valence-corrected chi connectivity index (χ4v) is 3.46. The highest BCUT2D eigenvalue weighted by molar-refractivity contribution is 7.09. The summed E-state index contributed by atoms with van der Waals surface area (Å²) in [6, 6.07) is 4.54. The van der Waals surface area contributed by atoms with Crippen LogP contribution in [0.1, 0.15) is 33.9 Å². The minimum absolute atomic E-state index is 0.0319. The first-order valence-corrected chi connectivity index (χ1v) is 9.33. The van der Waals surface area contributed by atoms with Gasteiger partial charge in [0.2, 0.25) is 0 Å². The number of hydrogen-bond donors (Lipinski definition) is 2. The third kappa shape index (κ3) is 4.49. The Morgan fingerprint density at radius 1 is 1.32 bits per heavy atom. The van der Waals surface area contributed by atoms with E-state index in [0.29, 0.717) is 22.8 Å². The van der Waals surface area contributed by atoms with Crippen LogP contribution in [0.5, 0.6) is 0 Å². The number of benzene rings is 1. The number of halogens is 1. The number of rotatable bonds is 4. The number of aromatic nitrogens is 1. The summed E-state index contributed by atoms with van der Waals surface area (Å²) in [5, 5.41) is 8.67. The third-order valence-electron chi connectivity index (χ3n) is 3.95. The molecule has 0 spiro atoms. The van der Waals surface area contributed by atoms with Gasteiger partial charge in [0.25, 0.3) is 5.91 Å². The lowest BCUT2D eigenvalue weighted by Gasteiger charge is -2.16. The fraction of sp³-hybridized carbons (Fsp3) is 0.353. The Morgan fingerprint density at radius 2 is 2.08 bits per heavy atom. The number of likely N-dealkylation sites (tertiary alicyclic amines) is 1. The van der Waals surface area contributed by atoms with Crippen LogP contribution in [-0.2, 0) is 6.54 Å². The molecule has 2 N–H and O–H groups in total. The van der Waals surface area contributed by atoms with Crippen molar-refractivity contribution in [1.82, 2.24) is 15.2 Å². The van der Waals surface area contributed by atoms with Crippen molar-refractivity contribution >= 4 is 40.6 Å². The standard InChI is InChI=1S/C17H19ClN4O2S/c1-11-20-13(10-25-11)9-19-17(24)21-15-8-12(4-5-14(15)18)16(23)22-6-2-3-7-22/h4-5,8,10H,2-3,6-7,9H2,1H3,(H2,19,21,24). The molecule has 1 fully saturated rings. The minimum atomic E-state index is -0.390. The number of nitrogens with zero attached hydrogens (tertiary/aromatic N) is 2. The van der Waals surface area contributed by atoms with Gasteiger partial charge in [-0.3, -0.25) is 4.79 Å². The van der Waals surface area contributed by atoms with Gasteiger partial charge in [-0.25, -0.2) is 9.78 Å². The number of urea groups is 1. The van der Waals surface area contributed by atoms with Crippen molar-refractivity contribution in [2.24, 2.45) is 0 Å². The number of carbonyl (C=O) groups is 2. The molecule has 0 radical (unpaired) electrons. The molecule has 0 aliphatic carbocycles. The van der Waals surface area contributed by atoms with Gasteiger partial charge in [0.05, 0.1) is 28.0 Å². The molecule has 0 bridgehead atoms. The lowest BCUT2D eigenvalue weighted by atomic mass is 10.1. The molecule has 1 aliphatic heterocycles. The molecule has 3 rings (SSSR count). The molecular formula is C17H19ClN4O2S. The monoisotopic (exact) mass is 378 g/mol. The average Bonchev–Trinajstić information content (AvgIpc) is 3.26. The zero-order chi connectivity index (χ0) is 17.8. The van der Waals surface area contributed by atoms with E-state index in [9.17, 15) is 9.59 Å². The second kappa shape index (κ2) is 7.84. The molecule has 8 heteroatoms. The van der Waals surface area contributed by atoms with E-state index in [0.717, 1.165) is 36.6 Å². The molecule has 1 aliphatic rings. The van der Waals surface area contributed by atoms with E-state index >= 15 is 0 Å². The topological polar surface area (TPSA) is 74.3 Å². The molecule has 0 atom stereocenters. The second-order valence-electron chi connectivity index (χ2n) is 5.86. The zero-order valence-electron chi connectivity index (χ0n) is 13.8. The Morgan fingerprint density at radius 3 is 2.76 bits per heavy atom. The predicted molar refractivity (Wildman–Crippen MR) is 99.3 cm³/mol. The van der Waals surface area contributed by atoms with Gasteiger partial charge >= 0.3 is 6.03 Å². The number of carbonyl (C=O) groups excluding carboxylic acids is 2. The first kappa shape index (κ1) is 17.7. The van der Waals surface area contributed by atoms with E-state index in [-0.39, 0.29) is 5.91 Å². The normalized spacial score (nSPS) is 13.8. The van der Waals surface area contributed by atoms with Gasteiger partial charge in [-0.2, -0.15) is 0 Å². The first-order valence-electron chi connectivity index (χ1n) is 8.07. The number of anilines is 1. The van der Waals surface area contributed by atoms with Crippen molar-refractivity contribution in [2.45, 2.75) is 26.3 Å². The molecule has 0 saturated carbocycles. The highest BCUT2D eigenvalue weighted by Gasteiger charge is 2.20. The summed E-state index contributed by atoms with van der Waals surface area (Å²) in [7, 11) is 0. The fourth-order valence-electron chi connectivity index (χ4n) is 2.68. The lowest BCUT2D eigenvalue weighted by Crippen LogP contribution is -2.29. The number of thiazole rings is 1. The minimum Gasteiger partial charge on any atom is -0.339 e. The molecule has 0 unspecified atom stereocenters. The zero-order valence-corrected chi connectivity index (χ0v) is 15.4. The molecule has 1 aromatic carbocycles. The van der Waals surface area contributed by atoms with E-state index in [1.54, 1.807) is 18.2 Å². The summed E-state index contributed by atoms with van der Waals surface area (Å²) in [6.45, 7) is 3.80.